The summed E-state index contributed by atoms with van der Waals surface area (Å²) in [7, 11) is 0. The van der Waals surface area contributed by atoms with Gasteiger partial charge in [-0.2, -0.15) is 0 Å². The second kappa shape index (κ2) is 9.84. The SMILES string of the molecule is Cc1cc(OCC2(CC(N)=O)CCN(C(=O)Cc3ccccc3Br)CC2)ccc1Cl. The molecule has 1 aliphatic rings. The molecule has 1 heterocycles. The molecule has 160 valence electrons. The largest absolute Gasteiger partial charge is 0.493 e. The van der Waals surface area contributed by atoms with E-state index in [0.29, 0.717) is 49.7 Å². The molecule has 0 aromatic heterocycles. The monoisotopic (exact) mass is 492 g/mol. The molecule has 7 heteroatoms. The Labute approximate surface area is 190 Å². The van der Waals surface area contributed by atoms with E-state index in [1.165, 1.54) is 0 Å². The number of rotatable bonds is 7. The molecule has 0 aliphatic carbocycles. The third-order valence-electron chi connectivity index (χ3n) is 5.70. The molecule has 3 rings (SSSR count). The number of amides is 2. The van der Waals surface area contributed by atoms with Crippen LogP contribution in [0.3, 0.4) is 0 Å². The summed E-state index contributed by atoms with van der Waals surface area (Å²) < 4.78 is 6.95. The fraction of sp³-hybridized carbons (Fsp3) is 0.391. The van der Waals surface area contributed by atoms with Crippen molar-refractivity contribution in [1.29, 1.82) is 0 Å². The van der Waals surface area contributed by atoms with Crippen molar-refractivity contribution in [3.63, 3.8) is 0 Å². The van der Waals surface area contributed by atoms with Crippen molar-refractivity contribution in [2.24, 2.45) is 11.1 Å². The lowest BCUT2D eigenvalue weighted by molar-refractivity contribution is -0.133. The van der Waals surface area contributed by atoms with Crippen molar-refractivity contribution in [3.05, 3.63) is 63.1 Å². The van der Waals surface area contributed by atoms with Gasteiger partial charge in [-0.15, -0.1) is 0 Å². The summed E-state index contributed by atoms with van der Waals surface area (Å²) in [6.45, 7) is 3.46. The Morgan fingerprint density at radius 2 is 1.90 bits per heavy atom. The molecule has 0 unspecified atom stereocenters. The Morgan fingerprint density at radius 1 is 1.20 bits per heavy atom. The van der Waals surface area contributed by atoms with E-state index in [0.717, 1.165) is 15.6 Å². The molecule has 2 aromatic rings. The molecule has 0 atom stereocenters. The van der Waals surface area contributed by atoms with Crippen LogP contribution < -0.4 is 10.5 Å². The van der Waals surface area contributed by atoms with Crippen molar-refractivity contribution in [1.82, 2.24) is 4.90 Å². The minimum atomic E-state index is -0.372. The zero-order valence-corrected chi connectivity index (χ0v) is 19.3. The van der Waals surface area contributed by atoms with Crippen LogP contribution in [0.15, 0.2) is 46.9 Å². The van der Waals surface area contributed by atoms with E-state index in [2.05, 4.69) is 15.9 Å². The molecule has 5 nitrogen and oxygen atoms in total. The Kier molecular flexibility index (Phi) is 7.42. The number of primary amides is 1. The van der Waals surface area contributed by atoms with Gasteiger partial charge in [-0.05, 0) is 55.2 Å². The lowest BCUT2D eigenvalue weighted by atomic mass is 9.76. The maximum absolute atomic E-state index is 12.8. The van der Waals surface area contributed by atoms with E-state index in [1.54, 1.807) is 6.07 Å². The van der Waals surface area contributed by atoms with Crippen molar-refractivity contribution >= 4 is 39.3 Å². The number of aryl methyl sites for hydroxylation is 1. The first-order valence-corrected chi connectivity index (χ1v) is 11.1. The zero-order valence-electron chi connectivity index (χ0n) is 17.0. The summed E-state index contributed by atoms with van der Waals surface area (Å²) >= 11 is 9.58. The number of likely N-dealkylation sites (tertiary alicyclic amines) is 1. The second-order valence-electron chi connectivity index (χ2n) is 7.99. The Balaban J connectivity index is 1.63. The van der Waals surface area contributed by atoms with E-state index in [-0.39, 0.29) is 23.7 Å². The molecule has 2 N–H and O–H groups in total. The van der Waals surface area contributed by atoms with E-state index < -0.39 is 0 Å². The number of hydrogen-bond acceptors (Lipinski definition) is 3. The van der Waals surface area contributed by atoms with Gasteiger partial charge in [0.1, 0.15) is 5.75 Å². The maximum Gasteiger partial charge on any atom is 0.227 e. The van der Waals surface area contributed by atoms with Gasteiger partial charge in [-0.1, -0.05) is 45.7 Å². The summed E-state index contributed by atoms with van der Waals surface area (Å²) in [5, 5.41) is 0.686. The Morgan fingerprint density at radius 3 is 2.53 bits per heavy atom. The number of carbonyl (C=O) groups is 2. The van der Waals surface area contributed by atoms with Crippen LogP contribution in [0.25, 0.3) is 0 Å². The highest BCUT2D eigenvalue weighted by Crippen LogP contribution is 2.36. The molecule has 0 bridgehead atoms. The molecule has 1 saturated heterocycles. The first kappa shape index (κ1) is 22.6. The molecule has 1 aliphatic heterocycles. The van der Waals surface area contributed by atoms with Crippen LogP contribution in [0.5, 0.6) is 5.75 Å². The van der Waals surface area contributed by atoms with Crippen molar-refractivity contribution in [2.45, 2.75) is 32.6 Å². The maximum atomic E-state index is 12.8. The quantitative estimate of drug-likeness (QED) is 0.616. The van der Waals surface area contributed by atoms with Crippen molar-refractivity contribution < 1.29 is 14.3 Å². The Hall–Kier alpha value is -2.05. The van der Waals surface area contributed by atoms with Crippen LogP contribution in [-0.2, 0) is 16.0 Å². The summed E-state index contributed by atoms with van der Waals surface area (Å²) in [5.74, 6) is 0.455. The van der Waals surface area contributed by atoms with Gasteiger partial charge in [0.25, 0.3) is 0 Å². The summed E-state index contributed by atoms with van der Waals surface area (Å²) in [4.78, 5) is 26.4. The number of benzene rings is 2. The van der Waals surface area contributed by atoms with Crippen LogP contribution in [0.1, 0.15) is 30.4 Å². The number of nitrogens with two attached hydrogens (primary N) is 1. The topological polar surface area (TPSA) is 72.6 Å². The zero-order chi connectivity index (χ0) is 21.7. The molecule has 0 spiro atoms. The molecule has 2 amide bonds. The number of carbonyl (C=O) groups excluding carboxylic acids is 2. The Bertz CT molecular complexity index is 926. The number of piperidine rings is 1. The molecule has 0 radical (unpaired) electrons. The van der Waals surface area contributed by atoms with Crippen LogP contribution in [0.4, 0.5) is 0 Å². The van der Waals surface area contributed by atoms with Gasteiger partial charge in [0.05, 0.1) is 13.0 Å². The standard InChI is InChI=1S/C23H26BrClN2O3/c1-16-12-18(6-7-20(16)25)30-15-23(14-21(26)28)8-10-27(11-9-23)22(29)13-17-4-2-3-5-19(17)24/h2-7,12H,8-11,13-15H2,1H3,(H2,26,28). The molecule has 30 heavy (non-hydrogen) atoms. The molecular formula is C23H26BrClN2O3. The predicted octanol–water partition coefficient (Wildman–Crippen LogP) is 4.52. The molecule has 0 saturated carbocycles. The number of ether oxygens (including phenoxy) is 1. The lowest BCUT2D eigenvalue weighted by Gasteiger charge is -2.41. The van der Waals surface area contributed by atoms with E-state index >= 15 is 0 Å². The number of halogens is 2. The minimum Gasteiger partial charge on any atom is -0.493 e. The van der Waals surface area contributed by atoms with Gasteiger partial charge in [-0.25, -0.2) is 0 Å². The van der Waals surface area contributed by atoms with Crippen molar-refractivity contribution in [3.8, 4) is 5.75 Å². The van der Waals surface area contributed by atoms with Gasteiger partial charge >= 0.3 is 0 Å². The van der Waals surface area contributed by atoms with Crippen LogP contribution in [0, 0.1) is 12.3 Å². The highest BCUT2D eigenvalue weighted by molar-refractivity contribution is 9.10. The lowest BCUT2D eigenvalue weighted by Crippen LogP contribution is -2.47. The van der Waals surface area contributed by atoms with Crippen LogP contribution >= 0.6 is 27.5 Å². The third-order valence-corrected chi connectivity index (χ3v) is 6.90. The van der Waals surface area contributed by atoms with Gasteiger partial charge in [0.2, 0.25) is 11.8 Å². The average Bonchev–Trinajstić information content (AvgIpc) is 2.71. The first-order chi connectivity index (χ1) is 14.3. The van der Waals surface area contributed by atoms with E-state index in [4.69, 9.17) is 22.1 Å². The normalized spacial score (nSPS) is 15.6. The van der Waals surface area contributed by atoms with Gasteiger partial charge < -0.3 is 15.4 Å². The molecule has 2 aromatic carbocycles. The second-order valence-corrected chi connectivity index (χ2v) is 9.25. The summed E-state index contributed by atoms with van der Waals surface area (Å²) in [5.41, 5.74) is 7.07. The fourth-order valence-electron chi connectivity index (χ4n) is 3.83. The summed E-state index contributed by atoms with van der Waals surface area (Å²) in [6, 6.07) is 13.3. The van der Waals surface area contributed by atoms with E-state index in [9.17, 15) is 9.59 Å². The first-order valence-electron chi connectivity index (χ1n) is 9.96. The van der Waals surface area contributed by atoms with Crippen molar-refractivity contribution in [2.75, 3.05) is 19.7 Å². The number of hydrogen-bond donors (Lipinski definition) is 1. The summed E-state index contributed by atoms with van der Waals surface area (Å²) in [6.07, 6.45) is 1.94. The fourth-order valence-corrected chi connectivity index (χ4v) is 4.37. The van der Waals surface area contributed by atoms with Crippen LogP contribution in [-0.4, -0.2) is 36.4 Å². The molecule has 1 fully saturated rings. The average molecular weight is 494 g/mol. The highest BCUT2D eigenvalue weighted by Gasteiger charge is 2.38. The van der Waals surface area contributed by atoms with Gasteiger partial charge in [0, 0.05) is 34.4 Å². The van der Waals surface area contributed by atoms with E-state index in [1.807, 2.05) is 48.2 Å². The highest BCUT2D eigenvalue weighted by atomic mass is 79.9. The van der Waals surface area contributed by atoms with Gasteiger partial charge in [-0.3, -0.25) is 9.59 Å². The van der Waals surface area contributed by atoms with Gasteiger partial charge in [0.15, 0.2) is 0 Å². The smallest absolute Gasteiger partial charge is 0.227 e. The molecular weight excluding hydrogens is 468 g/mol. The van der Waals surface area contributed by atoms with Crippen LogP contribution in [0.2, 0.25) is 5.02 Å². The third kappa shape index (κ3) is 5.76. The minimum absolute atomic E-state index is 0.0869. The predicted molar refractivity (Wildman–Crippen MR) is 122 cm³/mol. The number of nitrogens with zero attached hydrogens (tertiary/aromatic N) is 1.